The molecule has 0 saturated heterocycles. The molecule has 0 aliphatic carbocycles. The lowest BCUT2D eigenvalue weighted by Crippen LogP contribution is -2.33. The van der Waals surface area contributed by atoms with Crippen LogP contribution in [0, 0.1) is 5.82 Å². The first-order chi connectivity index (χ1) is 13.6. The van der Waals surface area contributed by atoms with E-state index >= 15 is 0 Å². The van der Waals surface area contributed by atoms with E-state index in [1.165, 1.54) is 30.3 Å². The summed E-state index contributed by atoms with van der Waals surface area (Å²) in [7, 11) is 0. The average Bonchev–Trinajstić information content (AvgIpc) is 2.68. The molecular formula is C21H15F6NO. The zero-order valence-electron chi connectivity index (χ0n) is 14.8. The summed E-state index contributed by atoms with van der Waals surface area (Å²) >= 11 is 0. The first-order valence-electron chi connectivity index (χ1n) is 8.46. The molecule has 29 heavy (non-hydrogen) atoms. The van der Waals surface area contributed by atoms with Gasteiger partial charge in [0.25, 0.3) is 0 Å². The maximum atomic E-state index is 13.5. The predicted octanol–water partition coefficient (Wildman–Crippen LogP) is 6.88. The van der Waals surface area contributed by atoms with Crippen LogP contribution in [0.15, 0.2) is 72.8 Å². The van der Waals surface area contributed by atoms with E-state index in [1.54, 1.807) is 24.3 Å². The van der Waals surface area contributed by atoms with Gasteiger partial charge in [-0.2, -0.15) is 22.0 Å². The number of hydrogen-bond acceptors (Lipinski definition) is 2. The predicted molar refractivity (Wildman–Crippen MR) is 96.6 cm³/mol. The van der Waals surface area contributed by atoms with Gasteiger partial charge in [0.1, 0.15) is 17.3 Å². The number of rotatable bonds is 6. The Hall–Kier alpha value is -3.16. The third kappa shape index (κ3) is 5.01. The van der Waals surface area contributed by atoms with Crippen molar-refractivity contribution in [3.63, 3.8) is 0 Å². The summed E-state index contributed by atoms with van der Waals surface area (Å²) in [6.45, 7) is 0.0295. The maximum Gasteiger partial charge on any atom is 0.458 e. The number of benzene rings is 3. The van der Waals surface area contributed by atoms with E-state index in [0.717, 1.165) is 18.2 Å². The van der Waals surface area contributed by atoms with Gasteiger partial charge in [-0.05, 0) is 48.0 Å². The number of alkyl halides is 5. The highest BCUT2D eigenvalue weighted by atomic mass is 19.4. The molecule has 0 aromatic heterocycles. The van der Waals surface area contributed by atoms with E-state index in [1.807, 2.05) is 0 Å². The second-order valence-electron chi connectivity index (χ2n) is 6.21. The third-order valence-electron chi connectivity index (χ3n) is 4.03. The van der Waals surface area contributed by atoms with Crippen LogP contribution in [-0.4, -0.2) is 6.18 Å². The molecule has 2 nitrogen and oxygen atoms in total. The monoisotopic (exact) mass is 411 g/mol. The van der Waals surface area contributed by atoms with Gasteiger partial charge in [0.2, 0.25) is 0 Å². The van der Waals surface area contributed by atoms with Crippen LogP contribution in [0.5, 0.6) is 11.5 Å². The van der Waals surface area contributed by atoms with Crippen molar-refractivity contribution < 1.29 is 31.1 Å². The van der Waals surface area contributed by atoms with Crippen LogP contribution in [0.4, 0.5) is 32.0 Å². The van der Waals surface area contributed by atoms with Crippen molar-refractivity contribution in [2.24, 2.45) is 0 Å². The average molecular weight is 411 g/mol. The Morgan fingerprint density at radius 1 is 0.759 bits per heavy atom. The van der Waals surface area contributed by atoms with E-state index in [9.17, 15) is 26.3 Å². The van der Waals surface area contributed by atoms with Crippen molar-refractivity contribution in [3.05, 3.63) is 89.7 Å². The summed E-state index contributed by atoms with van der Waals surface area (Å²) in [6.07, 6.45) is -5.66. The van der Waals surface area contributed by atoms with Crippen LogP contribution in [0.25, 0.3) is 0 Å². The summed E-state index contributed by atoms with van der Waals surface area (Å²) in [5, 5.41) is 2.95. The maximum absolute atomic E-state index is 13.5. The fourth-order valence-electron chi connectivity index (χ4n) is 2.55. The minimum atomic E-state index is -5.66. The second kappa shape index (κ2) is 8.06. The highest BCUT2D eigenvalue weighted by Crippen LogP contribution is 2.43. The summed E-state index contributed by atoms with van der Waals surface area (Å²) in [6, 6.07) is 16.2. The number of ether oxygens (including phenoxy) is 1. The zero-order valence-corrected chi connectivity index (χ0v) is 14.8. The molecule has 3 aromatic carbocycles. The standard InChI is InChI=1S/C21H15F6NO/c22-16-7-9-18(10-8-16)29-19-6-2-5-17(12-19)28-13-14-3-1-4-15(11-14)20(23,24)21(25,26)27/h1-12,28H,13H2. The molecule has 8 heteroatoms. The minimum Gasteiger partial charge on any atom is -0.457 e. The van der Waals surface area contributed by atoms with Crippen molar-refractivity contribution in [1.82, 2.24) is 0 Å². The molecular weight excluding hydrogens is 396 g/mol. The molecule has 3 aromatic rings. The van der Waals surface area contributed by atoms with Gasteiger partial charge in [0.05, 0.1) is 0 Å². The van der Waals surface area contributed by atoms with Gasteiger partial charge in [-0.15, -0.1) is 0 Å². The van der Waals surface area contributed by atoms with Crippen LogP contribution in [0.2, 0.25) is 0 Å². The summed E-state index contributed by atoms with van der Waals surface area (Å²) in [4.78, 5) is 0. The topological polar surface area (TPSA) is 21.3 Å². The molecule has 1 N–H and O–H groups in total. The van der Waals surface area contributed by atoms with Gasteiger partial charge in [-0.1, -0.05) is 24.3 Å². The van der Waals surface area contributed by atoms with E-state index in [2.05, 4.69) is 5.32 Å². The summed E-state index contributed by atoms with van der Waals surface area (Å²) in [5.74, 6) is -4.46. The van der Waals surface area contributed by atoms with Crippen molar-refractivity contribution in [2.75, 3.05) is 5.32 Å². The molecule has 0 bridgehead atoms. The minimum absolute atomic E-state index is 0.0295. The smallest absolute Gasteiger partial charge is 0.457 e. The SMILES string of the molecule is Fc1ccc(Oc2cccc(NCc3cccc(C(F)(F)C(F)(F)F)c3)c2)cc1. The van der Waals surface area contributed by atoms with Gasteiger partial charge in [-0.25, -0.2) is 4.39 Å². The van der Waals surface area contributed by atoms with Crippen molar-refractivity contribution in [2.45, 2.75) is 18.6 Å². The van der Waals surface area contributed by atoms with Crippen LogP contribution in [0.3, 0.4) is 0 Å². The quantitative estimate of drug-likeness (QED) is 0.446. The lowest BCUT2D eigenvalue weighted by atomic mass is 10.0. The van der Waals surface area contributed by atoms with Crippen molar-refractivity contribution >= 4 is 5.69 Å². The lowest BCUT2D eigenvalue weighted by molar-refractivity contribution is -0.289. The molecule has 0 aliphatic rings. The molecule has 0 amide bonds. The first-order valence-corrected chi connectivity index (χ1v) is 8.46. The molecule has 0 heterocycles. The van der Waals surface area contributed by atoms with Gasteiger partial charge in [0, 0.05) is 23.9 Å². The molecule has 0 saturated carbocycles. The highest BCUT2D eigenvalue weighted by molar-refractivity contribution is 5.49. The van der Waals surface area contributed by atoms with E-state index in [4.69, 9.17) is 4.74 Å². The Labute approximate surface area is 162 Å². The third-order valence-corrected chi connectivity index (χ3v) is 4.03. The molecule has 0 spiro atoms. The van der Waals surface area contributed by atoms with Gasteiger partial charge < -0.3 is 10.1 Å². The van der Waals surface area contributed by atoms with E-state index in [0.29, 0.717) is 17.2 Å². The van der Waals surface area contributed by atoms with Crippen molar-refractivity contribution in [1.29, 1.82) is 0 Å². The number of nitrogens with one attached hydrogen (secondary N) is 1. The normalized spacial score (nSPS) is 11.9. The Kier molecular flexibility index (Phi) is 5.72. The lowest BCUT2D eigenvalue weighted by Gasteiger charge is -2.20. The zero-order chi connectivity index (χ0) is 21.1. The van der Waals surface area contributed by atoms with Crippen LogP contribution in [-0.2, 0) is 12.5 Å². The second-order valence-corrected chi connectivity index (χ2v) is 6.21. The summed E-state index contributed by atoms with van der Waals surface area (Å²) < 4.78 is 83.2. The van der Waals surface area contributed by atoms with Gasteiger partial charge in [0.15, 0.2) is 0 Å². The highest BCUT2D eigenvalue weighted by Gasteiger charge is 2.58. The Morgan fingerprint density at radius 2 is 1.45 bits per heavy atom. The van der Waals surface area contributed by atoms with Gasteiger partial charge in [-0.3, -0.25) is 0 Å². The molecule has 0 radical (unpaired) electrons. The van der Waals surface area contributed by atoms with Crippen LogP contribution in [0.1, 0.15) is 11.1 Å². The number of anilines is 1. The fourth-order valence-corrected chi connectivity index (χ4v) is 2.55. The first kappa shape index (κ1) is 20.6. The van der Waals surface area contributed by atoms with E-state index < -0.39 is 23.5 Å². The summed E-state index contributed by atoms with van der Waals surface area (Å²) in [5.41, 5.74) is -0.286. The van der Waals surface area contributed by atoms with Crippen LogP contribution < -0.4 is 10.1 Å². The molecule has 152 valence electrons. The Morgan fingerprint density at radius 3 is 2.14 bits per heavy atom. The van der Waals surface area contributed by atoms with E-state index in [-0.39, 0.29) is 12.1 Å². The Bertz CT molecular complexity index is 969. The Balaban J connectivity index is 1.69. The molecule has 3 rings (SSSR count). The number of hydrogen-bond donors (Lipinski definition) is 1. The number of halogens is 6. The van der Waals surface area contributed by atoms with Gasteiger partial charge >= 0.3 is 12.1 Å². The molecule has 0 atom stereocenters. The van der Waals surface area contributed by atoms with Crippen LogP contribution >= 0.6 is 0 Å². The molecule has 0 fully saturated rings. The molecule has 0 aliphatic heterocycles. The fraction of sp³-hybridized carbons (Fsp3) is 0.143. The largest absolute Gasteiger partial charge is 0.458 e. The molecule has 0 unspecified atom stereocenters. The van der Waals surface area contributed by atoms with Crippen molar-refractivity contribution in [3.8, 4) is 11.5 Å².